The average molecular weight is 303 g/mol. The minimum atomic E-state index is -0.313. The Balaban J connectivity index is 1.64. The molecule has 2 aliphatic rings. The number of pyridine rings is 1. The van der Waals surface area contributed by atoms with Gasteiger partial charge in [0.05, 0.1) is 7.11 Å². The summed E-state index contributed by atoms with van der Waals surface area (Å²) >= 11 is 0. The molecule has 1 aliphatic heterocycles. The fraction of sp³-hybridized carbons (Fsp3) is 0.647. The first kappa shape index (κ1) is 15.3. The highest BCUT2D eigenvalue weighted by Gasteiger charge is 2.28. The first-order chi connectivity index (χ1) is 10.8. The van der Waals surface area contributed by atoms with Crippen molar-refractivity contribution >= 4 is 11.8 Å². The van der Waals surface area contributed by atoms with Gasteiger partial charge in [-0.2, -0.15) is 0 Å². The van der Waals surface area contributed by atoms with Crippen molar-refractivity contribution in [3.05, 3.63) is 23.9 Å². The number of ether oxygens (including phenoxy) is 1. The van der Waals surface area contributed by atoms with E-state index < -0.39 is 0 Å². The first-order valence-corrected chi connectivity index (χ1v) is 8.32. The zero-order chi connectivity index (χ0) is 15.4. The van der Waals surface area contributed by atoms with Crippen molar-refractivity contribution in [1.82, 2.24) is 10.3 Å². The maximum absolute atomic E-state index is 11.9. The molecule has 0 aromatic carbocycles. The molecule has 1 unspecified atom stereocenters. The van der Waals surface area contributed by atoms with Gasteiger partial charge < -0.3 is 15.0 Å². The standard InChI is InChI=1S/C17H25N3O2/c1-22-17(21)15-8-5-10-18-16(15)20-11-9-14(12-20)19-13-6-3-2-4-7-13/h5,8,10,13-14,19H,2-4,6-7,9,11-12H2,1H3. The van der Waals surface area contributed by atoms with Crippen molar-refractivity contribution in [1.29, 1.82) is 0 Å². The van der Waals surface area contributed by atoms with Crippen LogP contribution in [0.4, 0.5) is 5.82 Å². The molecular weight excluding hydrogens is 278 g/mol. The van der Waals surface area contributed by atoms with Gasteiger partial charge in [-0.15, -0.1) is 0 Å². The number of hydrogen-bond acceptors (Lipinski definition) is 5. The van der Waals surface area contributed by atoms with E-state index in [0.717, 1.165) is 25.3 Å². The van der Waals surface area contributed by atoms with Crippen LogP contribution in [0, 0.1) is 0 Å². The van der Waals surface area contributed by atoms with Gasteiger partial charge in [-0.25, -0.2) is 9.78 Å². The molecule has 0 amide bonds. The SMILES string of the molecule is COC(=O)c1cccnc1N1CCC(NC2CCCCC2)C1. The zero-order valence-corrected chi connectivity index (χ0v) is 13.3. The molecule has 1 atom stereocenters. The number of anilines is 1. The fourth-order valence-corrected chi connectivity index (χ4v) is 3.61. The quantitative estimate of drug-likeness (QED) is 0.866. The molecule has 1 aromatic heterocycles. The number of aromatic nitrogens is 1. The number of hydrogen-bond donors (Lipinski definition) is 1. The molecule has 2 heterocycles. The van der Waals surface area contributed by atoms with Crippen molar-refractivity contribution in [2.24, 2.45) is 0 Å². The summed E-state index contributed by atoms with van der Waals surface area (Å²) in [6, 6.07) is 4.73. The van der Waals surface area contributed by atoms with Gasteiger partial charge in [0.25, 0.3) is 0 Å². The van der Waals surface area contributed by atoms with Gasteiger partial charge in [0.15, 0.2) is 0 Å². The van der Waals surface area contributed by atoms with Crippen LogP contribution >= 0.6 is 0 Å². The van der Waals surface area contributed by atoms with Crippen molar-refractivity contribution in [3.8, 4) is 0 Å². The predicted molar refractivity (Wildman–Crippen MR) is 86.2 cm³/mol. The topological polar surface area (TPSA) is 54.5 Å². The molecule has 5 nitrogen and oxygen atoms in total. The van der Waals surface area contributed by atoms with Crippen LogP contribution in [-0.2, 0) is 4.74 Å². The lowest BCUT2D eigenvalue weighted by molar-refractivity contribution is 0.0601. The number of carbonyl (C=O) groups excluding carboxylic acids is 1. The van der Waals surface area contributed by atoms with E-state index in [-0.39, 0.29) is 5.97 Å². The number of rotatable bonds is 4. The highest BCUT2D eigenvalue weighted by molar-refractivity contribution is 5.94. The Kier molecular flexibility index (Phi) is 4.93. The highest BCUT2D eigenvalue weighted by Crippen LogP contribution is 2.24. The highest BCUT2D eigenvalue weighted by atomic mass is 16.5. The molecule has 22 heavy (non-hydrogen) atoms. The third kappa shape index (κ3) is 3.40. The van der Waals surface area contributed by atoms with E-state index in [1.54, 1.807) is 18.3 Å². The third-order valence-electron chi connectivity index (χ3n) is 4.76. The second-order valence-corrected chi connectivity index (χ2v) is 6.30. The lowest BCUT2D eigenvalue weighted by atomic mass is 9.95. The van der Waals surface area contributed by atoms with Crippen molar-refractivity contribution in [3.63, 3.8) is 0 Å². The molecule has 1 N–H and O–H groups in total. The maximum atomic E-state index is 11.9. The minimum Gasteiger partial charge on any atom is -0.465 e. The van der Waals surface area contributed by atoms with Crippen LogP contribution in [0.1, 0.15) is 48.9 Å². The minimum absolute atomic E-state index is 0.313. The lowest BCUT2D eigenvalue weighted by Gasteiger charge is -2.26. The molecule has 1 aliphatic carbocycles. The molecule has 1 saturated carbocycles. The summed E-state index contributed by atoms with van der Waals surface area (Å²) < 4.78 is 4.86. The van der Waals surface area contributed by atoms with Gasteiger partial charge in [-0.3, -0.25) is 0 Å². The van der Waals surface area contributed by atoms with Crippen molar-refractivity contribution in [2.45, 2.75) is 50.6 Å². The van der Waals surface area contributed by atoms with Gasteiger partial charge in [0.2, 0.25) is 0 Å². The van der Waals surface area contributed by atoms with E-state index in [4.69, 9.17) is 4.74 Å². The molecular formula is C17H25N3O2. The zero-order valence-electron chi connectivity index (χ0n) is 13.3. The Morgan fingerprint density at radius 1 is 1.27 bits per heavy atom. The van der Waals surface area contributed by atoms with E-state index in [1.807, 2.05) is 0 Å². The summed E-state index contributed by atoms with van der Waals surface area (Å²) in [5.74, 6) is 0.439. The lowest BCUT2D eigenvalue weighted by Crippen LogP contribution is -2.41. The van der Waals surface area contributed by atoms with Crippen molar-refractivity contribution < 1.29 is 9.53 Å². The van der Waals surface area contributed by atoms with Crippen LogP contribution in [0.5, 0.6) is 0 Å². The summed E-state index contributed by atoms with van der Waals surface area (Å²) in [6.07, 6.45) is 9.52. The molecule has 1 aromatic rings. The summed E-state index contributed by atoms with van der Waals surface area (Å²) in [4.78, 5) is 18.5. The smallest absolute Gasteiger partial charge is 0.341 e. The summed E-state index contributed by atoms with van der Waals surface area (Å²) in [5, 5.41) is 3.79. The Morgan fingerprint density at radius 3 is 2.86 bits per heavy atom. The molecule has 0 spiro atoms. The third-order valence-corrected chi connectivity index (χ3v) is 4.76. The average Bonchev–Trinajstić information content (AvgIpc) is 3.03. The fourth-order valence-electron chi connectivity index (χ4n) is 3.61. The Morgan fingerprint density at radius 2 is 2.09 bits per heavy atom. The number of esters is 1. The number of nitrogens with zero attached hydrogens (tertiary/aromatic N) is 2. The normalized spacial score (nSPS) is 22.8. The Labute approximate surface area is 132 Å². The predicted octanol–water partition coefficient (Wildman–Crippen LogP) is 2.37. The Hall–Kier alpha value is -1.62. The van der Waals surface area contributed by atoms with E-state index in [1.165, 1.54) is 39.2 Å². The van der Waals surface area contributed by atoms with E-state index >= 15 is 0 Å². The molecule has 120 valence electrons. The molecule has 5 heteroatoms. The molecule has 3 rings (SSSR count). The summed E-state index contributed by atoms with van der Waals surface area (Å²) in [5.41, 5.74) is 0.559. The molecule has 2 fully saturated rings. The second kappa shape index (κ2) is 7.09. The van der Waals surface area contributed by atoms with Crippen LogP contribution < -0.4 is 10.2 Å². The van der Waals surface area contributed by atoms with Crippen LogP contribution in [0.25, 0.3) is 0 Å². The van der Waals surface area contributed by atoms with Gasteiger partial charge in [0, 0.05) is 31.4 Å². The largest absolute Gasteiger partial charge is 0.465 e. The number of nitrogens with one attached hydrogen (secondary N) is 1. The van der Waals surface area contributed by atoms with E-state index in [9.17, 15) is 4.79 Å². The summed E-state index contributed by atoms with van der Waals surface area (Å²) in [7, 11) is 1.41. The second-order valence-electron chi connectivity index (χ2n) is 6.30. The van der Waals surface area contributed by atoms with Gasteiger partial charge in [0.1, 0.15) is 11.4 Å². The molecule has 1 saturated heterocycles. The first-order valence-electron chi connectivity index (χ1n) is 8.32. The van der Waals surface area contributed by atoms with Crippen LogP contribution in [0.3, 0.4) is 0 Å². The monoisotopic (exact) mass is 303 g/mol. The van der Waals surface area contributed by atoms with E-state index in [0.29, 0.717) is 17.6 Å². The number of carbonyl (C=O) groups is 1. The van der Waals surface area contributed by atoms with Crippen LogP contribution in [0.15, 0.2) is 18.3 Å². The summed E-state index contributed by atoms with van der Waals surface area (Å²) in [6.45, 7) is 1.85. The van der Waals surface area contributed by atoms with E-state index in [2.05, 4.69) is 15.2 Å². The molecule has 0 bridgehead atoms. The van der Waals surface area contributed by atoms with Crippen LogP contribution in [0.2, 0.25) is 0 Å². The number of methoxy groups -OCH3 is 1. The maximum Gasteiger partial charge on any atom is 0.341 e. The van der Waals surface area contributed by atoms with Crippen LogP contribution in [-0.4, -0.2) is 43.2 Å². The Bertz CT molecular complexity index is 514. The van der Waals surface area contributed by atoms with Gasteiger partial charge in [-0.1, -0.05) is 19.3 Å². The van der Waals surface area contributed by atoms with Gasteiger partial charge in [-0.05, 0) is 31.4 Å². The molecule has 0 radical (unpaired) electrons. The van der Waals surface area contributed by atoms with Crippen molar-refractivity contribution in [2.75, 3.05) is 25.1 Å². The van der Waals surface area contributed by atoms with Gasteiger partial charge >= 0.3 is 5.97 Å².